The molecule has 0 aromatic heterocycles. The van der Waals surface area contributed by atoms with Crippen molar-refractivity contribution in [3.8, 4) is 0 Å². The molecule has 1 aliphatic rings. The molecule has 2 atom stereocenters. The Morgan fingerprint density at radius 1 is 1.20 bits per heavy atom. The fraction of sp³-hybridized carbons (Fsp3) is 1.00. The first-order valence-corrected chi connectivity index (χ1v) is 6.69. The minimum Gasteiger partial charge on any atom is -0.377 e. The van der Waals surface area contributed by atoms with E-state index in [1.54, 1.807) is 0 Å². The van der Waals surface area contributed by atoms with Gasteiger partial charge in [-0.1, -0.05) is 32.6 Å². The minimum atomic E-state index is 0.463. The normalized spacial score (nSPS) is 26.8. The van der Waals surface area contributed by atoms with Gasteiger partial charge in [-0.2, -0.15) is 0 Å². The molecule has 0 bridgehead atoms. The summed E-state index contributed by atoms with van der Waals surface area (Å²) in [5, 5.41) is 3.47. The van der Waals surface area contributed by atoms with Gasteiger partial charge in [0.2, 0.25) is 0 Å². The van der Waals surface area contributed by atoms with E-state index in [-0.39, 0.29) is 0 Å². The summed E-state index contributed by atoms with van der Waals surface area (Å²) in [6, 6.07) is 0.550. The number of hydrogen-bond acceptors (Lipinski definition) is 2. The van der Waals surface area contributed by atoms with Crippen molar-refractivity contribution in [3.05, 3.63) is 0 Å². The molecule has 2 nitrogen and oxygen atoms in total. The largest absolute Gasteiger partial charge is 0.377 e. The Hall–Kier alpha value is -0.0800. The lowest BCUT2D eigenvalue weighted by Gasteiger charge is -2.29. The maximum atomic E-state index is 5.91. The van der Waals surface area contributed by atoms with Gasteiger partial charge in [0.15, 0.2) is 0 Å². The van der Waals surface area contributed by atoms with Crippen molar-refractivity contribution >= 4 is 0 Å². The average molecular weight is 213 g/mol. The third-order valence-electron chi connectivity index (χ3n) is 3.27. The van der Waals surface area contributed by atoms with Crippen LogP contribution in [0.4, 0.5) is 0 Å². The van der Waals surface area contributed by atoms with Gasteiger partial charge >= 0.3 is 0 Å². The number of nitrogens with one attached hydrogen (secondary N) is 1. The van der Waals surface area contributed by atoms with Gasteiger partial charge < -0.3 is 10.1 Å². The Balaban J connectivity index is 1.94. The number of rotatable bonds is 7. The van der Waals surface area contributed by atoms with E-state index in [0.29, 0.717) is 12.1 Å². The fourth-order valence-electron chi connectivity index (χ4n) is 2.18. The first kappa shape index (κ1) is 13.0. The smallest absolute Gasteiger partial charge is 0.0725 e. The predicted octanol–water partition coefficient (Wildman–Crippen LogP) is 3.11. The zero-order valence-electron chi connectivity index (χ0n) is 10.4. The van der Waals surface area contributed by atoms with Crippen LogP contribution in [-0.4, -0.2) is 25.3 Å². The Kier molecular flexibility index (Phi) is 7.03. The standard InChI is InChI=1S/C13H27NO/c1-3-4-5-6-7-11-15-13-9-8-10-14-12(13)2/h12-14H,3-11H2,1-2H3. The zero-order chi connectivity index (χ0) is 10.9. The van der Waals surface area contributed by atoms with Gasteiger partial charge in [-0.15, -0.1) is 0 Å². The number of piperidine rings is 1. The highest BCUT2D eigenvalue weighted by atomic mass is 16.5. The number of unbranched alkanes of at least 4 members (excludes halogenated alkanes) is 4. The zero-order valence-corrected chi connectivity index (χ0v) is 10.4. The van der Waals surface area contributed by atoms with E-state index in [1.807, 2.05) is 0 Å². The molecule has 1 rings (SSSR count). The first-order valence-electron chi connectivity index (χ1n) is 6.69. The molecule has 2 unspecified atom stereocenters. The molecule has 1 heterocycles. The van der Waals surface area contributed by atoms with Crippen LogP contribution >= 0.6 is 0 Å². The van der Waals surface area contributed by atoms with Crippen LogP contribution in [0.15, 0.2) is 0 Å². The van der Waals surface area contributed by atoms with Gasteiger partial charge in [-0.25, -0.2) is 0 Å². The quantitative estimate of drug-likeness (QED) is 0.656. The Morgan fingerprint density at radius 3 is 2.73 bits per heavy atom. The lowest BCUT2D eigenvalue weighted by molar-refractivity contribution is 0.0108. The highest BCUT2D eigenvalue weighted by Gasteiger charge is 2.20. The van der Waals surface area contributed by atoms with E-state index in [2.05, 4.69) is 19.2 Å². The average Bonchev–Trinajstić information content (AvgIpc) is 2.25. The lowest BCUT2D eigenvalue weighted by Crippen LogP contribution is -2.44. The Labute approximate surface area is 94.8 Å². The molecule has 1 aliphatic heterocycles. The molecule has 90 valence electrons. The van der Waals surface area contributed by atoms with E-state index >= 15 is 0 Å². The summed E-state index contributed by atoms with van der Waals surface area (Å²) in [4.78, 5) is 0. The molecule has 1 saturated heterocycles. The van der Waals surface area contributed by atoms with Crippen LogP contribution in [0.25, 0.3) is 0 Å². The summed E-state index contributed by atoms with van der Waals surface area (Å²) in [7, 11) is 0. The number of hydrogen-bond donors (Lipinski definition) is 1. The van der Waals surface area contributed by atoms with Crippen molar-refractivity contribution in [1.82, 2.24) is 5.32 Å². The van der Waals surface area contributed by atoms with Gasteiger partial charge in [-0.3, -0.25) is 0 Å². The maximum absolute atomic E-state index is 5.91. The molecular formula is C13H27NO. The summed E-state index contributed by atoms with van der Waals surface area (Å²) < 4.78 is 5.91. The van der Waals surface area contributed by atoms with E-state index < -0.39 is 0 Å². The molecule has 1 N–H and O–H groups in total. The highest BCUT2D eigenvalue weighted by Crippen LogP contribution is 2.13. The van der Waals surface area contributed by atoms with Crippen LogP contribution < -0.4 is 5.32 Å². The van der Waals surface area contributed by atoms with Crippen LogP contribution in [0.2, 0.25) is 0 Å². The van der Waals surface area contributed by atoms with Crippen molar-refractivity contribution in [2.75, 3.05) is 13.2 Å². The monoisotopic (exact) mass is 213 g/mol. The van der Waals surface area contributed by atoms with Crippen molar-refractivity contribution in [2.45, 2.75) is 70.9 Å². The Bertz CT molecular complexity index is 149. The summed E-state index contributed by atoms with van der Waals surface area (Å²) >= 11 is 0. The van der Waals surface area contributed by atoms with Crippen LogP contribution in [0.1, 0.15) is 58.8 Å². The molecule has 1 fully saturated rings. The fourth-order valence-corrected chi connectivity index (χ4v) is 2.18. The molecular weight excluding hydrogens is 186 g/mol. The Morgan fingerprint density at radius 2 is 2.00 bits per heavy atom. The molecule has 0 aromatic rings. The van der Waals surface area contributed by atoms with Crippen molar-refractivity contribution in [3.63, 3.8) is 0 Å². The molecule has 0 aromatic carbocycles. The minimum absolute atomic E-state index is 0.463. The molecule has 2 heteroatoms. The molecule has 0 saturated carbocycles. The van der Waals surface area contributed by atoms with Crippen molar-refractivity contribution < 1.29 is 4.74 Å². The van der Waals surface area contributed by atoms with E-state index in [9.17, 15) is 0 Å². The summed E-state index contributed by atoms with van der Waals surface area (Å²) in [6.45, 7) is 6.62. The van der Waals surface area contributed by atoms with Crippen LogP contribution in [0.3, 0.4) is 0 Å². The molecule has 15 heavy (non-hydrogen) atoms. The molecule has 0 aliphatic carbocycles. The second-order valence-corrected chi connectivity index (χ2v) is 4.71. The van der Waals surface area contributed by atoms with Crippen LogP contribution in [0, 0.1) is 0 Å². The third-order valence-corrected chi connectivity index (χ3v) is 3.27. The van der Waals surface area contributed by atoms with Gasteiger partial charge in [-0.05, 0) is 32.7 Å². The van der Waals surface area contributed by atoms with E-state index in [4.69, 9.17) is 4.74 Å². The van der Waals surface area contributed by atoms with Gasteiger partial charge in [0.25, 0.3) is 0 Å². The maximum Gasteiger partial charge on any atom is 0.0725 e. The summed E-state index contributed by atoms with van der Waals surface area (Å²) in [5.41, 5.74) is 0. The first-order chi connectivity index (χ1) is 7.34. The predicted molar refractivity (Wildman–Crippen MR) is 65.2 cm³/mol. The van der Waals surface area contributed by atoms with E-state index in [0.717, 1.165) is 13.2 Å². The summed E-state index contributed by atoms with van der Waals surface area (Å²) in [6.07, 6.45) is 9.62. The van der Waals surface area contributed by atoms with E-state index in [1.165, 1.54) is 44.9 Å². The van der Waals surface area contributed by atoms with Crippen molar-refractivity contribution in [2.24, 2.45) is 0 Å². The van der Waals surface area contributed by atoms with Gasteiger partial charge in [0.1, 0.15) is 0 Å². The topological polar surface area (TPSA) is 21.3 Å². The lowest BCUT2D eigenvalue weighted by atomic mass is 10.0. The molecule has 0 amide bonds. The third kappa shape index (κ3) is 5.53. The SMILES string of the molecule is CCCCCCCOC1CCCNC1C. The van der Waals surface area contributed by atoms with Crippen LogP contribution in [0.5, 0.6) is 0 Å². The van der Waals surface area contributed by atoms with Crippen LogP contribution in [-0.2, 0) is 4.74 Å². The van der Waals surface area contributed by atoms with Crippen molar-refractivity contribution in [1.29, 1.82) is 0 Å². The number of ether oxygens (including phenoxy) is 1. The van der Waals surface area contributed by atoms with Gasteiger partial charge in [0, 0.05) is 12.6 Å². The second kappa shape index (κ2) is 8.12. The molecule has 0 spiro atoms. The van der Waals surface area contributed by atoms with Gasteiger partial charge in [0.05, 0.1) is 6.10 Å². The molecule has 0 radical (unpaired) electrons. The second-order valence-electron chi connectivity index (χ2n) is 4.71. The highest BCUT2D eigenvalue weighted by molar-refractivity contribution is 4.77. The summed E-state index contributed by atoms with van der Waals surface area (Å²) in [5.74, 6) is 0.